The molecule has 1 heterocycles. The van der Waals surface area contributed by atoms with E-state index in [4.69, 9.17) is 0 Å². The van der Waals surface area contributed by atoms with E-state index in [-0.39, 0.29) is 18.4 Å². The molecule has 0 unspecified atom stereocenters. The number of nitrogens with zero attached hydrogens (tertiary/aromatic N) is 1. The molecule has 1 rings (SSSR count). The largest absolute Gasteiger partial charge is 0.355 e. The third-order valence-corrected chi connectivity index (χ3v) is 3.77. The van der Waals surface area contributed by atoms with Crippen molar-refractivity contribution in [3.63, 3.8) is 0 Å². The van der Waals surface area contributed by atoms with Crippen molar-refractivity contribution >= 4 is 39.1 Å². The molecule has 1 aromatic heterocycles. The standard InChI is InChI=1S/C11H15BrN2O2S/c1-3-13-10(15)7-14(4-2)11(16)8-5-6-9(12)17-8/h5-6H,3-4,7H2,1-2H3,(H,13,15). The van der Waals surface area contributed by atoms with Crippen LogP contribution in [0.15, 0.2) is 15.9 Å². The molecule has 4 nitrogen and oxygen atoms in total. The van der Waals surface area contributed by atoms with Gasteiger partial charge in [-0.25, -0.2) is 0 Å². The second-order valence-corrected chi connectivity index (χ2v) is 5.84. The monoisotopic (exact) mass is 318 g/mol. The number of carbonyl (C=O) groups is 2. The van der Waals surface area contributed by atoms with Crippen LogP contribution >= 0.6 is 27.3 Å². The maximum Gasteiger partial charge on any atom is 0.264 e. The Hall–Kier alpha value is -0.880. The van der Waals surface area contributed by atoms with E-state index in [9.17, 15) is 9.59 Å². The molecule has 0 aliphatic carbocycles. The molecular formula is C11H15BrN2O2S. The van der Waals surface area contributed by atoms with Gasteiger partial charge < -0.3 is 10.2 Å². The van der Waals surface area contributed by atoms with Gasteiger partial charge >= 0.3 is 0 Å². The predicted molar refractivity (Wildman–Crippen MR) is 72.3 cm³/mol. The quantitative estimate of drug-likeness (QED) is 0.904. The van der Waals surface area contributed by atoms with Crippen LogP contribution in [0.4, 0.5) is 0 Å². The van der Waals surface area contributed by atoms with E-state index in [2.05, 4.69) is 21.2 Å². The third-order valence-electron chi connectivity index (χ3n) is 2.16. The first-order valence-corrected chi connectivity index (χ1v) is 7.00. The van der Waals surface area contributed by atoms with E-state index < -0.39 is 0 Å². The van der Waals surface area contributed by atoms with Crippen LogP contribution in [0.25, 0.3) is 0 Å². The lowest BCUT2D eigenvalue weighted by Gasteiger charge is -2.19. The highest BCUT2D eigenvalue weighted by atomic mass is 79.9. The molecular weight excluding hydrogens is 304 g/mol. The number of rotatable bonds is 5. The van der Waals surface area contributed by atoms with E-state index in [1.165, 1.54) is 16.2 Å². The van der Waals surface area contributed by atoms with Gasteiger partial charge in [0.15, 0.2) is 0 Å². The molecule has 0 aliphatic rings. The number of amides is 2. The maximum atomic E-state index is 12.1. The third kappa shape index (κ3) is 4.12. The van der Waals surface area contributed by atoms with Crippen molar-refractivity contribution in [1.82, 2.24) is 10.2 Å². The molecule has 1 aromatic rings. The summed E-state index contributed by atoms with van der Waals surface area (Å²) in [5.74, 6) is -0.229. The summed E-state index contributed by atoms with van der Waals surface area (Å²) in [4.78, 5) is 25.7. The molecule has 1 N–H and O–H groups in total. The van der Waals surface area contributed by atoms with Crippen molar-refractivity contribution in [3.8, 4) is 0 Å². The van der Waals surface area contributed by atoms with Gasteiger partial charge in [0, 0.05) is 13.1 Å². The fraction of sp³-hybridized carbons (Fsp3) is 0.455. The summed E-state index contributed by atoms with van der Waals surface area (Å²) in [7, 11) is 0. The van der Waals surface area contributed by atoms with Crippen LogP contribution in [0.1, 0.15) is 23.5 Å². The topological polar surface area (TPSA) is 49.4 Å². The number of likely N-dealkylation sites (N-methyl/N-ethyl adjacent to an activating group) is 2. The van der Waals surface area contributed by atoms with Gasteiger partial charge in [0.25, 0.3) is 5.91 Å². The molecule has 0 aromatic carbocycles. The van der Waals surface area contributed by atoms with Crippen LogP contribution in [-0.4, -0.2) is 36.3 Å². The van der Waals surface area contributed by atoms with Gasteiger partial charge in [-0.1, -0.05) is 0 Å². The minimum Gasteiger partial charge on any atom is -0.355 e. The fourth-order valence-electron chi connectivity index (χ4n) is 1.34. The van der Waals surface area contributed by atoms with E-state index in [0.717, 1.165) is 3.79 Å². The van der Waals surface area contributed by atoms with Crippen LogP contribution in [0.5, 0.6) is 0 Å². The van der Waals surface area contributed by atoms with Crippen LogP contribution in [0, 0.1) is 0 Å². The lowest BCUT2D eigenvalue weighted by Crippen LogP contribution is -2.40. The first-order chi connectivity index (χ1) is 8.08. The predicted octanol–water partition coefficient (Wildman–Crippen LogP) is 2.11. The lowest BCUT2D eigenvalue weighted by atomic mass is 10.3. The molecule has 0 bridgehead atoms. The Labute approximate surface area is 113 Å². The zero-order valence-electron chi connectivity index (χ0n) is 9.83. The van der Waals surface area contributed by atoms with Crippen LogP contribution in [0.3, 0.4) is 0 Å². The SMILES string of the molecule is CCNC(=O)CN(CC)C(=O)c1ccc(Br)s1. The first kappa shape index (κ1) is 14.2. The minimum absolute atomic E-state index is 0.102. The number of thiophene rings is 1. The van der Waals surface area contributed by atoms with Crippen LogP contribution in [0.2, 0.25) is 0 Å². The van der Waals surface area contributed by atoms with E-state index in [0.29, 0.717) is 18.0 Å². The molecule has 0 saturated heterocycles. The van der Waals surface area contributed by atoms with E-state index >= 15 is 0 Å². The fourth-order valence-corrected chi connectivity index (χ4v) is 2.69. The van der Waals surface area contributed by atoms with Crippen molar-refractivity contribution in [3.05, 3.63) is 20.8 Å². The zero-order valence-corrected chi connectivity index (χ0v) is 12.2. The van der Waals surface area contributed by atoms with Gasteiger partial charge in [-0.05, 0) is 41.9 Å². The number of carbonyl (C=O) groups excluding carboxylic acids is 2. The highest BCUT2D eigenvalue weighted by Gasteiger charge is 2.18. The van der Waals surface area contributed by atoms with Gasteiger partial charge in [-0.3, -0.25) is 9.59 Å². The first-order valence-electron chi connectivity index (χ1n) is 5.39. The zero-order chi connectivity index (χ0) is 12.8. The van der Waals surface area contributed by atoms with Crippen molar-refractivity contribution in [2.24, 2.45) is 0 Å². The minimum atomic E-state index is -0.127. The number of halogens is 1. The summed E-state index contributed by atoms with van der Waals surface area (Å²) in [6.07, 6.45) is 0. The van der Waals surface area contributed by atoms with Gasteiger partial charge in [0.1, 0.15) is 0 Å². The summed E-state index contributed by atoms with van der Waals surface area (Å²) in [5.41, 5.74) is 0. The molecule has 94 valence electrons. The molecule has 0 saturated carbocycles. The van der Waals surface area contributed by atoms with Crippen molar-refractivity contribution < 1.29 is 9.59 Å². The average Bonchev–Trinajstić information content (AvgIpc) is 2.72. The summed E-state index contributed by atoms with van der Waals surface area (Å²) in [6.45, 7) is 4.92. The lowest BCUT2D eigenvalue weighted by molar-refractivity contribution is -0.121. The van der Waals surface area contributed by atoms with E-state index in [1.54, 1.807) is 6.07 Å². The maximum absolute atomic E-state index is 12.1. The molecule has 0 aliphatic heterocycles. The van der Waals surface area contributed by atoms with Crippen LogP contribution in [-0.2, 0) is 4.79 Å². The highest BCUT2D eigenvalue weighted by molar-refractivity contribution is 9.11. The molecule has 0 atom stereocenters. The Morgan fingerprint density at radius 3 is 2.59 bits per heavy atom. The summed E-state index contributed by atoms with van der Waals surface area (Å²) < 4.78 is 0.912. The Kier molecular flexibility index (Phi) is 5.64. The molecule has 17 heavy (non-hydrogen) atoms. The molecule has 0 spiro atoms. The number of hydrogen-bond acceptors (Lipinski definition) is 3. The Balaban J connectivity index is 2.67. The normalized spacial score (nSPS) is 10.1. The molecule has 2 amide bonds. The smallest absolute Gasteiger partial charge is 0.264 e. The Morgan fingerprint density at radius 1 is 1.41 bits per heavy atom. The van der Waals surface area contributed by atoms with Crippen molar-refractivity contribution in [2.45, 2.75) is 13.8 Å². The average molecular weight is 319 g/mol. The molecule has 0 fully saturated rings. The number of nitrogens with one attached hydrogen (secondary N) is 1. The van der Waals surface area contributed by atoms with Gasteiger partial charge in [0.05, 0.1) is 15.2 Å². The van der Waals surface area contributed by atoms with E-state index in [1.807, 2.05) is 19.9 Å². The van der Waals surface area contributed by atoms with Gasteiger partial charge in [-0.15, -0.1) is 11.3 Å². The van der Waals surface area contributed by atoms with Gasteiger partial charge in [-0.2, -0.15) is 0 Å². The summed E-state index contributed by atoms with van der Waals surface area (Å²) in [5, 5.41) is 2.68. The molecule has 0 radical (unpaired) electrons. The Morgan fingerprint density at radius 2 is 2.12 bits per heavy atom. The number of hydrogen-bond donors (Lipinski definition) is 1. The van der Waals surface area contributed by atoms with Crippen molar-refractivity contribution in [2.75, 3.05) is 19.6 Å². The molecule has 6 heteroatoms. The van der Waals surface area contributed by atoms with Gasteiger partial charge in [0.2, 0.25) is 5.91 Å². The summed E-state index contributed by atoms with van der Waals surface area (Å²) in [6, 6.07) is 3.59. The Bertz CT molecular complexity index is 406. The second kappa shape index (κ2) is 6.76. The highest BCUT2D eigenvalue weighted by Crippen LogP contribution is 2.23. The van der Waals surface area contributed by atoms with Crippen LogP contribution < -0.4 is 5.32 Å². The summed E-state index contributed by atoms with van der Waals surface area (Å²) >= 11 is 4.69. The second-order valence-electron chi connectivity index (χ2n) is 3.38. The van der Waals surface area contributed by atoms with Crippen molar-refractivity contribution in [1.29, 1.82) is 0 Å².